The van der Waals surface area contributed by atoms with E-state index in [0.29, 0.717) is 17.4 Å². The van der Waals surface area contributed by atoms with Crippen molar-refractivity contribution in [3.05, 3.63) is 60.2 Å². The van der Waals surface area contributed by atoms with Crippen LogP contribution in [0.1, 0.15) is 63.4 Å². The quantitative estimate of drug-likeness (QED) is 0.375. The van der Waals surface area contributed by atoms with Gasteiger partial charge in [-0.2, -0.15) is 0 Å². The van der Waals surface area contributed by atoms with Crippen molar-refractivity contribution in [1.29, 1.82) is 0 Å². The van der Waals surface area contributed by atoms with Crippen molar-refractivity contribution in [3.8, 4) is 11.5 Å². The first-order chi connectivity index (χ1) is 15.4. The summed E-state index contributed by atoms with van der Waals surface area (Å²) in [5, 5.41) is 0. The maximum absolute atomic E-state index is 12.4. The number of likely N-dealkylation sites (N-methyl/N-ethyl adjacent to an activating group) is 1. The van der Waals surface area contributed by atoms with Gasteiger partial charge in [0, 0.05) is 18.0 Å². The first-order valence-corrected chi connectivity index (χ1v) is 11.8. The van der Waals surface area contributed by atoms with Gasteiger partial charge in [-0.05, 0) is 50.0 Å². The topological polar surface area (TPSA) is 38.8 Å². The predicted molar refractivity (Wildman–Crippen MR) is 138 cm³/mol. The fraction of sp³-hybridized carbons (Fsp3) is 0.536. The zero-order valence-electron chi connectivity index (χ0n) is 21.6. The Balaban J connectivity index is 0.000000635. The zero-order valence-corrected chi connectivity index (χ0v) is 21.6. The van der Waals surface area contributed by atoms with E-state index in [1.165, 1.54) is 0 Å². The summed E-state index contributed by atoms with van der Waals surface area (Å²) in [7, 11) is 5.32. The highest BCUT2D eigenvalue weighted by atomic mass is 16.5. The lowest BCUT2D eigenvalue weighted by Gasteiger charge is -2.12. The second-order valence-corrected chi connectivity index (χ2v) is 7.78. The molecular weight excluding hydrogens is 398 g/mol. The van der Waals surface area contributed by atoms with Crippen molar-refractivity contribution in [2.45, 2.75) is 53.9 Å². The number of ether oxygens (including phenoxy) is 2. The first-order valence-electron chi connectivity index (χ1n) is 11.8. The lowest BCUT2D eigenvalue weighted by molar-refractivity contribution is 0.0919. The van der Waals surface area contributed by atoms with Gasteiger partial charge in [-0.15, -0.1) is 0 Å². The molecule has 2 rings (SSSR count). The molecule has 1 aliphatic carbocycles. The molecule has 4 heteroatoms. The van der Waals surface area contributed by atoms with Crippen LogP contribution >= 0.6 is 0 Å². The lowest BCUT2D eigenvalue weighted by Crippen LogP contribution is -2.16. The maximum Gasteiger partial charge on any atom is 0.166 e. The number of nitrogens with zero attached hydrogens (tertiary/aromatic N) is 1. The molecule has 0 spiro atoms. The lowest BCUT2D eigenvalue weighted by atomic mass is 9.91. The Morgan fingerprint density at radius 2 is 1.75 bits per heavy atom. The number of allylic oxidation sites excluding steroid dienone is 4. The Labute approximate surface area is 197 Å². The van der Waals surface area contributed by atoms with Crippen LogP contribution in [0.5, 0.6) is 11.5 Å². The highest BCUT2D eigenvalue weighted by Crippen LogP contribution is 2.38. The molecule has 0 saturated heterocycles. The molecule has 180 valence electrons. The van der Waals surface area contributed by atoms with E-state index in [1.807, 2.05) is 44.2 Å². The summed E-state index contributed by atoms with van der Waals surface area (Å²) >= 11 is 0. The molecule has 1 aliphatic rings. The number of ketones is 1. The number of Topliss-reactive ketones (excluding diaryl/α,β-unsaturated/α-hetero) is 1. The maximum atomic E-state index is 12.4. The third-order valence-electron chi connectivity index (χ3n) is 5.55. The van der Waals surface area contributed by atoms with Crippen LogP contribution < -0.4 is 9.47 Å². The summed E-state index contributed by atoms with van der Waals surface area (Å²) < 4.78 is 10.6. The Bertz CT molecular complexity index is 736. The van der Waals surface area contributed by atoms with E-state index < -0.39 is 0 Å². The molecule has 0 bridgehead atoms. The molecule has 32 heavy (non-hydrogen) atoms. The van der Waals surface area contributed by atoms with Gasteiger partial charge in [-0.3, -0.25) is 4.79 Å². The van der Waals surface area contributed by atoms with Crippen LogP contribution in [0, 0.1) is 11.8 Å². The molecule has 0 aromatic heterocycles. The number of benzene rings is 1. The van der Waals surface area contributed by atoms with Crippen LogP contribution in [0.25, 0.3) is 0 Å². The third kappa shape index (κ3) is 9.86. The Morgan fingerprint density at radius 3 is 2.28 bits per heavy atom. The van der Waals surface area contributed by atoms with Crippen molar-refractivity contribution in [2.24, 2.45) is 11.8 Å². The van der Waals surface area contributed by atoms with E-state index in [2.05, 4.69) is 45.4 Å². The van der Waals surface area contributed by atoms with Crippen molar-refractivity contribution >= 4 is 5.78 Å². The van der Waals surface area contributed by atoms with Gasteiger partial charge in [-0.25, -0.2) is 0 Å². The van der Waals surface area contributed by atoms with Gasteiger partial charge in [-0.1, -0.05) is 78.0 Å². The molecule has 1 aromatic rings. The minimum Gasteiger partial charge on any atom is -0.493 e. The first kappa shape index (κ1) is 29.7. The highest BCUT2D eigenvalue weighted by Gasteiger charge is 2.32. The molecule has 0 amide bonds. The number of hydrogen-bond donors (Lipinski definition) is 0. The van der Waals surface area contributed by atoms with Crippen LogP contribution in [-0.4, -0.2) is 45.0 Å². The van der Waals surface area contributed by atoms with Crippen molar-refractivity contribution in [3.63, 3.8) is 0 Å². The van der Waals surface area contributed by atoms with Gasteiger partial charge in [0.25, 0.3) is 0 Å². The zero-order chi connectivity index (χ0) is 24.5. The molecule has 0 N–H and O–H groups in total. The number of rotatable bonds is 10. The second-order valence-electron chi connectivity index (χ2n) is 7.78. The fourth-order valence-electron chi connectivity index (χ4n) is 3.33. The van der Waals surface area contributed by atoms with E-state index in [-0.39, 0.29) is 11.7 Å². The van der Waals surface area contributed by atoms with Gasteiger partial charge in [0.15, 0.2) is 17.3 Å². The summed E-state index contributed by atoms with van der Waals surface area (Å²) in [4.78, 5) is 14.7. The van der Waals surface area contributed by atoms with E-state index in [4.69, 9.17) is 9.47 Å². The van der Waals surface area contributed by atoms with E-state index in [1.54, 1.807) is 20.3 Å². The van der Waals surface area contributed by atoms with Gasteiger partial charge < -0.3 is 14.4 Å². The van der Waals surface area contributed by atoms with Crippen molar-refractivity contribution in [1.82, 2.24) is 4.90 Å². The molecule has 2 atom stereocenters. The Morgan fingerprint density at radius 1 is 1.12 bits per heavy atom. The van der Waals surface area contributed by atoms with Crippen LogP contribution in [0.4, 0.5) is 0 Å². The smallest absolute Gasteiger partial charge is 0.166 e. The molecule has 1 aromatic carbocycles. The predicted octanol–water partition coefficient (Wildman–Crippen LogP) is 6.76. The van der Waals surface area contributed by atoms with Gasteiger partial charge in [0.05, 0.1) is 14.2 Å². The molecule has 4 nitrogen and oxygen atoms in total. The van der Waals surface area contributed by atoms with E-state index >= 15 is 0 Å². The molecule has 0 radical (unpaired) electrons. The number of carbonyl (C=O) groups is 1. The van der Waals surface area contributed by atoms with Crippen LogP contribution in [-0.2, 0) is 6.42 Å². The molecular formula is C28H45NO3. The highest BCUT2D eigenvalue weighted by molar-refractivity contribution is 6.02. The summed E-state index contributed by atoms with van der Waals surface area (Å²) in [5.41, 5.74) is 1.90. The van der Waals surface area contributed by atoms with Crippen LogP contribution in [0.15, 0.2) is 49.1 Å². The minimum absolute atomic E-state index is 0.127. The normalized spacial score (nSPS) is 15.7. The van der Waals surface area contributed by atoms with Crippen LogP contribution in [0.3, 0.4) is 0 Å². The largest absolute Gasteiger partial charge is 0.493 e. The van der Waals surface area contributed by atoms with Gasteiger partial charge in [0.1, 0.15) is 0 Å². The fourth-order valence-corrected chi connectivity index (χ4v) is 3.33. The monoisotopic (exact) mass is 443 g/mol. The summed E-state index contributed by atoms with van der Waals surface area (Å²) in [6.07, 6.45) is 12.8. The Hall–Kier alpha value is -2.33. The summed E-state index contributed by atoms with van der Waals surface area (Å²) in [6.45, 7) is 16.2. The number of fused-ring (bicyclic) bond motifs is 1. The minimum atomic E-state index is 0.127. The number of methoxy groups -OCH3 is 2. The van der Waals surface area contributed by atoms with E-state index in [9.17, 15) is 4.79 Å². The molecule has 0 saturated carbocycles. The Kier molecular flexibility index (Phi) is 16.0. The third-order valence-corrected chi connectivity index (χ3v) is 5.55. The van der Waals surface area contributed by atoms with Crippen molar-refractivity contribution in [2.75, 3.05) is 34.4 Å². The average Bonchev–Trinajstić information content (AvgIpc) is 3.13. The summed E-state index contributed by atoms with van der Waals surface area (Å²) in [5.74, 6) is 2.32. The SMILES string of the molecule is C=C/C=C\C=C\CN(C)CC.CC.CCC(C)C[C@@H]1Cc2cc(OC)c(OC)cc2C1=O. The van der Waals surface area contributed by atoms with E-state index in [0.717, 1.165) is 43.5 Å². The molecule has 0 aliphatic heterocycles. The van der Waals surface area contributed by atoms with Gasteiger partial charge in [0.2, 0.25) is 0 Å². The van der Waals surface area contributed by atoms with Crippen molar-refractivity contribution < 1.29 is 14.3 Å². The number of carbonyl (C=O) groups excluding carboxylic acids is 1. The number of hydrogen-bond acceptors (Lipinski definition) is 4. The standard InChI is InChI=1S/C16H22O3.C10H17N.C2H6/c1-5-10(2)6-12-7-11-8-14(18-3)15(19-4)9-13(11)16(12)17;1-4-6-7-8-9-10-11(3)5-2;1-2/h8-10,12H,5-7H2,1-4H3;4,6-9H,1,5,10H2,2-3H3;1-2H3/b;7-6-,9-8+;/t10?,12-;;/m1../s1. The molecule has 1 unspecified atom stereocenters. The second kappa shape index (κ2) is 17.3. The molecule has 0 heterocycles. The average molecular weight is 444 g/mol. The molecule has 0 fully saturated rings. The van der Waals surface area contributed by atoms with Crippen LogP contribution in [0.2, 0.25) is 0 Å². The van der Waals surface area contributed by atoms with Gasteiger partial charge >= 0.3 is 0 Å². The summed E-state index contributed by atoms with van der Waals surface area (Å²) in [6, 6.07) is 3.77.